The van der Waals surface area contributed by atoms with Crippen LogP contribution in [-0.4, -0.2) is 23.7 Å². The Morgan fingerprint density at radius 1 is 0.967 bits per heavy atom. The van der Waals surface area contributed by atoms with E-state index in [1.165, 1.54) is 18.2 Å². The number of nitrogens with zero attached hydrogens (tertiary/aromatic N) is 1. The number of rotatable bonds is 5. The number of halogens is 3. The molecule has 30 heavy (non-hydrogen) atoms. The van der Waals surface area contributed by atoms with E-state index in [4.69, 9.17) is 0 Å². The third kappa shape index (κ3) is 5.22. The molecule has 0 bridgehead atoms. The van der Waals surface area contributed by atoms with Crippen molar-refractivity contribution in [1.82, 2.24) is 5.43 Å². The maximum atomic E-state index is 12.4. The number of hydrogen-bond donors (Lipinski definition) is 2. The second kappa shape index (κ2) is 8.77. The van der Waals surface area contributed by atoms with Gasteiger partial charge in [-0.15, -0.1) is 0 Å². The van der Waals surface area contributed by atoms with Crippen molar-refractivity contribution in [2.24, 2.45) is 5.10 Å². The topological polar surface area (TPSA) is 70.6 Å². The van der Waals surface area contributed by atoms with Gasteiger partial charge < -0.3 is 5.32 Å². The number of amides is 2. The predicted octanol–water partition coefficient (Wildman–Crippen LogP) is 4.42. The average molecular weight is 413 g/mol. The Bertz CT molecular complexity index is 1120. The fourth-order valence-corrected chi connectivity index (χ4v) is 2.89. The molecule has 0 aromatic heterocycles. The standard InChI is InChI=1S/C22H18F3N3O2/c1-14(16-8-5-10-18(12-16)26-21(30)22(23,24)25)27-28-20(29)13-17-9-4-7-15-6-2-3-11-19(15)17/h2-12H,13H2,1H3,(H,26,30)(H,28,29)/b27-14-. The van der Waals surface area contributed by atoms with Gasteiger partial charge in [0.1, 0.15) is 0 Å². The van der Waals surface area contributed by atoms with Crippen molar-refractivity contribution in [1.29, 1.82) is 0 Å². The van der Waals surface area contributed by atoms with E-state index in [9.17, 15) is 22.8 Å². The molecule has 0 saturated heterocycles. The maximum Gasteiger partial charge on any atom is 0.471 e. The van der Waals surface area contributed by atoms with Gasteiger partial charge in [0.05, 0.1) is 12.1 Å². The number of hydrazone groups is 1. The van der Waals surface area contributed by atoms with Gasteiger partial charge in [0, 0.05) is 5.69 Å². The molecule has 0 spiro atoms. The Labute approximate surface area is 170 Å². The van der Waals surface area contributed by atoms with Crippen LogP contribution in [-0.2, 0) is 16.0 Å². The van der Waals surface area contributed by atoms with Crippen molar-refractivity contribution >= 4 is 34.0 Å². The van der Waals surface area contributed by atoms with E-state index in [-0.39, 0.29) is 18.0 Å². The highest BCUT2D eigenvalue weighted by Gasteiger charge is 2.38. The average Bonchev–Trinajstić information content (AvgIpc) is 2.72. The highest BCUT2D eigenvalue weighted by atomic mass is 19.4. The van der Waals surface area contributed by atoms with Gasteiger partial charge >= 0.3 is 12.1 Å². The van der Waals surface area contributed by atoms with Crippen LogP contribution in [0.4, 0.5) is 18.9 Å². The first-order valence-corrected chi connectivity index (χ1v) is 9.02. The van der Waals surface area contributed by atoms with Gasteiger partial charge in [-0.3, -0.25) is 9.59 Å². The van der Waals surface area contributed by atoms with E-state index in [0.717, 1.165) is 16.3 Å². The quantitative estimate of drug-likeness (QED) is 0.480. The number of benzene rings is 3. The number of fused-ring (bicyclic) bond motifs is 1. The third-order valence-electron chi connectivity index (χ3n) is 4.37. The van der Waals surface area contributed by atoms with Crippen LogP contribution in [0.25, 0.3) is 10.8 Å². The molecule has 3 aromatic rings. The second-order valence-electron chi connectivity index (χ2n) is 6.58. The van der Waals surface area contributed by atoms with Crippen molar-refractivity contribution in [3.05, 3.63) is 77.9 Å². The first-order valence-electron chi connectivity index (χ1n) is 9.02. The molecule has 0 atom stereocenters. The minimum absolute atomic E-state index is 0.0218. The van der Waals surface area contributed by atoms with Crippen molar-refractivity contribution in [3.63, 3.8) is 0 Å². The van der Waals surface area contributed by atoms with Gasteiger partial charge in [-0.2, -0.15) is 18.3 Å². The summed E-state index contributed by atoms with van der Waals surface area (Å²) in [5.41, 5.74) is 4.13. The fourth-order valence-electron chi connectivity index (χ4n) is 2.89. The summed E-state index contributed by atoms with van der Waals surface area (Å²) >= 11 is 0. The van der Waals surface area contributed by atoms with E-state index >= 15 is 0 Å². The second-order valence-corrected chi connectivity index (χ2v) is 6.58. The zero-order valence-corrected chi connectivity index (χ0v) is 16.0. The molecular formula is C22H18F3N3O2. The Hall–Kier alpha value is -3.68. The molecule has 0 saturated carbocycles. The van der Waals surface area contributed by atoms with Crippen molar-refractivity contribution in [2.45, 2.75) is 19.5 Å². The van der Waals surface area contributed by atoms with Crippen molar-refractivity contribution in [3.8, 4) is 0 Å². The lowest BCUT2D eigenvalue weighted by Gasteiger charge is -2.09. The Morgan fingerprint density at radius 2 is 1.67 bits per heavy atom. The van der Waals surface area contributed by atoms with Crippen LogP contribution < -0.4 is 10.7 Å². The molecule has 2 N–H and O–H groups in total. The summed E-state index contributed by atoms with van der Waals surface area (Å²) in [7, 11) is 0. The SMILES string of the molecule is C/C(=N/NC(=O)Cc1cccc2ccccc12)c1cccc(NC(=O)C(F)(F)F)c1. The number of carbonyl (C=O) groups excluding carboxylic acids is 2. The Balaban J connectivity index is 1.68. The van der Waals surface area contributed by atoms with Gasteiger partial charge in [-0.25, -0.2) is 5.43 Å². The number of anilines is 1. The van der Waals surface area contributed by atoms with Crippen LogP contribution in [0.2, 0.25) is 0 Å². The van der Waals surface area contributed by atoms with Crippen LogP contribution in [0.1, 0.15) is 18.1 Å². The van der Waals surface area contributed by atoms with E-state index in [0.29, 0.717) is 11.3 Å². The van der Waals surface area contributed by atoms with E-state index in [1.807, 2.05) is 42.5 Å². The van der Waals surface area contributed by atoms with Crippen molar-refractivity contribution in [2.75, 3.05) is 5.32 Å². The first kappa shape index (κ1) is 21.0. The molecule has 154 valence electrons. The first-order chi connectivity index (χ1) is 14.2. The Morgan fingerprint density at radius 3 is 2.43 bits per heavy atom. The summed E-state index contributed by atoms with van der Waals surface area (Å²) < 4.78 is 37.2. The normalized spacial score (nSPS) is 11.9. The summed E-state index contributed by atoms with van der Waals surface area (Å²) in [6.07, 6.45) is -4.85. The molecule has 8 heteroatoms. The summed E-state index contributed by atoms with van der Waals surface area (Å²) in [6.45, 7) is 1.60. The lowest BCUT2D eigenvalue weighted by atomic mass is 10.0. The van der Waals surface area contributed by atoms with Gasteiger partial charge in [0.2, 0.25) is 5.91 Å². The van der Waals surface area contributed by atoms with Gasteiger partial charge in [-0.05, 0) is 41.0 Å². The van der Waals surface area contributed by atoms with Gasteiger partial charge in [-0.1, -0.05) is 54.6 Å². The molecule has 3 aromatic carbocycles. The van der Waals surface area contributed by atoms with Crippen LogP contribution in [0.15, 0.2) is 71.8 Å². The lowest BCUT2D eigenvalue weighted by molar-refractivity contribution is -0.167. The summed E-state index contributed by atoms with van der Waals surface area (Å²) in [5, 5.41) is 7.81. The zero-order chi connectivity index (χ0) is 21.7. The predicted molar refractivity (Wildman–Crippen MR) is 109 cm³/mol. The third-order valence-corrected chi connectivity index (χ3v) is 4.37. The number of nitrogens with one attached hydrogen (secondary N) is 2. The number of alkyl halides is 3. The summed E-state index contributed by atoms with van der Waals surface area (Å²) in [6, 6.07) is 19.2. The minimum atomic E-state index is -4.98. The van der Waals surface area contributed by atoms with Crippen LogP contribution in [0, 0.1) is 0 Å². The molecule has 2 amide bonds. The largest absolute Gasteiger partial charge is 0.471 e. The fraction of sp³-hybridized carbons (Fsp3) is 0.136. The minimum Gasteiger partial charge on any atom is -0.318 e. The van der Waals surface area contributed by atoms with Gasteiger partial charge in [0.25, 0.3) is 0 Å². The van der Waals surface area contributed by atoms with Crippen LogP contribution in [0.5, 0.6) is 0 Å². The molecule has 0 aliphatic heterocycles. The van der Waals surface area contributed by atoms with E-state index in [1.54, 1.807) is 18.3 Å². The van der Waals surface area contributed by atoms with Crippen LogP contribution in [0.3, 0.4) is 0 Å². The highest BCUT2D eigenvalue weighted by molar-refractivity contribution is 6.01. The maximum absolute atomic E-state index is 12.4. The molecular weight excluding hydrogens is 395 g/mol. The van der Waals surface area contributed by atoms with Gasteiger partial charge in [0.15, 0.2) is 0 Å². The molecule has 0 heterocycles. The molecule has 0 aliphatic rings. The summed E-state index contributed by atoms with van der Waals surface area (Å²) in [4.78, 5) is 23.4. The molecule has 3 rings (SSSR count). The number of hydrogen-bond acceptors (Lipinski definition) is 3. The summed E-state index contributed by atoms with van der Waals surface area (Å²) in [5.74, 6) is -2.38. The molecule has 0 aliphatic carbocycles. The molecule has 0 radical (unpaired) electrons. The van der Waals surface area contributed by atoms with Crippen molar-refractivity contribution < 1.29 is 22.8 Å². The smallest absolute Gasteiger partial charge is 0.318 e. The highest BCUT2D eigenvalue weighted by Crippen LogP contribution is 2.20. The van der Waals surface area contributed by atoms with Crippen LogP contribution >= 0.6 is 0 Å². The zero-order valence-electron chi connectivity index (χ0n) is 16.0. The molecule has 0 fully saturated rings. The van der Waals surface area contributed by atoms with E-state index in [2.05, 4.69) is 10.5 Å². The lowest BCUT2D eigenvalue weighted by Crippen LogP contribution is -2.30. The monoisotopic (exact) mass is 413 g/mol. The molecule has 5 nitrogen and oxygen atoms in total. The van der Waals surface area contributed by atoms with E-state index < -0.39 is 12.1 Å². The number of carbonyl (C=O) groups is 2. The molecule has 0 unspecified atom stereocenters. The Kier molecular flexibility index (Phi) is 6.15.